The first-order valence-electron chi connectivity index (χ1n) is 8.58. The van der Waals surface area contributed by atoms with Crippen molar-refractivity contribution in [2.45, 2.75) is 6.54 Å². The van der Waals surface area contributed by atoms with Crippen LogP contribution in [0.25, 0.3) is 22.8 Å². The fourth-order valence-electron chi connectivity index (χ4n) is 2.67. The molecule has 28 heavy (non-hydrogen) atoms. The minimum absolute atomic E-state index is 0.427. The molecule has 0 spiro atoms. The third kappa shape index (κ3) is 3.71. The van der Waals surface area contributed by atoms with Gasteiger partial charge in [-0.1, -0.05) is 23.7 Å². The maximum Gasteiger partial charge on any atom is 0.218 e. The molecule has 0 bridgehead atoms. The molecule has 7 nitrogen and oxygen atoms in total. The monoisotopic (exact) mass is 392 g/mol. The van der Waals surface area contributed by atoms with Gasteiger partial charge < -0.3 is 10.5 Å². The first kappa shape index (κ1) is 18.1. The van der Waals surface area contributed by atoms with Crippen LogP contribution in [0.1, 0.15) is 5.56 Å². The van der Waals surface area contributed by atoms with Gasteiger partial charge in [0.1, 0.15) is 11.4 Å². The Morgan fingerprint density at radius 2 is 1.89 bits per heavy atom. The summed E-state index contributed by atoms with van der Waals surface area (Å²) in [6.07, 6.45) is 5.00. The second kappa shape index (κ2) is 7.75. The Morgan fingerprint density at radius 1 is 1.00 bits per heavy atom. The van der Waals surface area contributed by atoms with Gasteiger partial charge in [0.25, 0.3) is 0 Å². The van der Waals surface area contributed by atoms with Crippen LogP contribution >= 0.6 is 11.6 Å². The molecule has 4 aromatic heterocycles. The van der Waals surface area contributed by atoms with E-state index in [1.807, 2.05) is 36.4 Å². The van der Waals surface area contributed by atoms with Crippen LogP contribution in [0.2, 0.25) is 5.02 Å². The van der Waals surface area contributed by atoms with E-state index in [9.17, 15) is 0 Å². The number of pyridine rings is 3. The molecule has 0 saturated carbocycles. The molecular weight excluding hydrogens is 376 g/mol. The summed E-state index contributed by atoms with van der Waals surface area (Å²) in [5, 5.41) is 4.93. The lowest BCUT2D eigenvalue weighted by atomic mass is 10.2. The van der Waals surface area contributed by atoms with E-state index in [-0.39, 0.29) is 0 Å². The van der Waals surface area contributed by atoms with E-state index in [4.69, 9.17) is 22.1 Å². The second-order valence-electron chi connectivity index (χ2n) is 6.06. The Hall–Kier alpha value is -3.29. The second-order valence-corrected chi connectivity index (χ2v) is 6.50. The molecule has 0 aliphatic rings. The van der Waals surface area contributed by atoms with E-state index in [0.717, 1.165) is 11.3 Å². The molecule has 0 fully saturated rings. The van der Waals surface area contributed by atoms with Gasteiger partial charge in [-0.25, -0.2) is 9.67 Å². The van der Waals surface area contributed by atoms with Crippen molar-refractivity contribution < 1.29 is 4.74 Å². The predicted octanol–water partition coefficient (Wildman–Crippen LogP) is 3.84. The summed E-state index contributed by atoms with van der Waals surface area (Å²) in [6, 6.07) is 12.9. The van der Waals surface area contributed by atoms with E-state index in [2.05, 4.69) is 20.1 Å². The highest BCUT2D eigenvalue weighted by Crippen LogP contribution is 2.33. The van der Waals surface area contributed by atoms with Crippen molar-refractivity contribution in [1.82, 2.24) is 24.7 Å². The van der Waals surface area contributed by atoms with Gasteiger partial charge in [0, 0.05) is 44.3 Å². The molecule has 0 atom stereocenters. The van der Waals surface area contributed by atoms with Gasteiger partial charge in [-0.05, 0) is 23.8 Å². The first-order chi connectivity index (χ1) is 13.6. The summed E-state index contributed by atoms with van der Waals surface area (Å²) in [6.45, 7) is 0.427. The van der Waals surface area contributed by atoms with Crippen molar-refractivity contribution in [3.63, 3.8) is 0 Å². The van der Waals surface area contributed by atoms with Crippen LogP contribution in [0.5, 0.6) is 11.6 Å². The quantitative estimate of drug-likeness (QED) is 0.554. The molecule has 0 amide bonds. The number of hydrogen-bond acceptors (Lipinski definition) is 6. The molecule has 4 heterocycles. The smallest absolute Gasteiger partial charge is 0.218 e. The lowest BCUT2D eigenvalue weighted by Gasteiger charge is -2.10. The molecule has 0 aliphatic heterocycles. The number of aromatic nitrogens is 5. The largest absolute Gasteiger partial charge is 0.437 e. The van der Waals surface area contributed by atoms with Gasteiger partial charge in [-0.2, -0.15) is 5.10 Å². The third-order valence-corrected chi connectivity index (χ3v) is 4.31. The van der Waals surface area contributed by atoms with Gasteiger partial charge in [-0.15, -0.1) is 0 Å². The number of rotatable bonds is 5. The maximum absolute atomic E-state index is 6.15. The Labute approximate surface area is 166 Å². The zero-order chi connectivity index (χ0) is 19.5. The Kier molecular flexibility index (Phi) is 5.01. The van der Waals surface area contributed by atoms with Crippen LogP contribution in [-0.2, 0) is 13.6 Å². The van der Waals surface area contributed by atoms with Crippen LogP contribution in [0.3, 0.4) is 0 Å². The van der Waals surface area contributed by atoms with E-state index >= 15 is 0 Å². The molecule has 0 unspecified atom stereocenters. The van der Waals surface area contributed by atoms with Crippen molar-refractivity contribution in [3.05, 3.63) is 71.6 Å². The minimum Gasteiger partial charge on any atom is -0.437 e. The SMILES string of the molecule is Cn1nc(-c2ccccn2)cc1Oc1cc(Cl)cnc1-c1ccc(CN)cn1. The normalized spacial score (nSPS) is 10.8. The fraction of sp³-hybridized carbons (Fsp3) is 0.100. The number of aryl methyl sites for hydroxylation is 1. The van der Waals surface area contributed by atoms with Gasteiger partial charge in [0.15, 0.2) is 5.75 Å². The number of hydrogen-bond donors (Lipinski definition) is 1. The van der Waals surface area contributed by atoms with Gasteiger partial charge in [-0.3, -0.25) is 9.97 Å². The summed E-state index contributed by atoms with van der Waals surface area (Å²) in [5.74, 6) is 1.01. The number of ether oxygens (including phenoxy) is 1. The molecular formula is C20H17ClN6O. The first-order valence-corrected chi connectivity index (χ1v) is 8.96. The van der Waals surface area contributed by atoms with E-state index in [1.165, 1.54) is 0 Å². The molecule has 0 aromatic carbocycles. The summed E-state index contributed by atoms with van der Waals surface area (Å²) < 4.78 is 7.73. The molecule has 140 valence electrons. The standard InChI is InChI=1S/C20H17ClN6O/c1-27-19(9-17(26-27)15-4-2-3-7-23-15)28-18-8-14(21)12-25-20(18)16-6-5-13(10-22)11-24-16/h2-9,11-12H,10,22H2,1H3. The molecule has 8 heteroatoms. The summed E-state index contributed by atoms with van der Waals surface area (Å²) >= 11 is 6.15. The summed E-state index contributed by atoms with van der Waals surface area (Å²) in [7, 11) is 1.80. The minimum atomic E-state index is 0.427. The molecule has 2 N–H and O–H groups in total. The molecule has 0 saturated heterocycles. The Balaban J connectivity index is 1.70. The summed E-state index contributed by atoms with van der Waals surface area (Å²) in [5.41, 5.74) is 9.29. The van der Waals surface area contributed by atoms with Crippen LogP contribution in [0.4, 0.5) is 0 Å². The van der Waals surface area contributed by atoms with E-state index in [0.29, 0.717) is 40.3 Å². The van der Waals surface area contributed by atoms with E-state index < -0.39 is 0 Å². The van der Waals surface area contributed by atoms with Crippen molar-refractivity contribution in [2.75, 3.05) is 0 Å². The van der Waals surface area contributed by atoms with Gasteiger partial charge in [0.2, 0.25) is 5.88 Å². The van der Waals surface area contributed by atoms with Crippen molar-refractivity contribution >= 4 is 11.6 Å². The van der Waals surface area contributed by atoms with Crippen molar-refractivity contribution in [3.8, 4) is 34.4 Å². The highest BCUT2D eigenvalue weighted by Gasteiger charge is 2.15. The van der Waals surface area contributed by atoms with Crippen LogP contribution in [0, 0.1) is 0 Å². The van der Waals surface area contributed by atoms with Crippen molar-refractivity contribution in [1.29, 1.82) is 0 Å². The Bertz CT molecular complexity index is 1100. The van der Waals surface area contributed by atoms with Gasteiger partial charge in [0.05, 0.1) is 16.4 Å². The van der Waals surface area contributed by atoms with E-state index in [1.54, 1.807) is 36.4 Å². The van der Waals surface area contributed by atoms with Crippen LogP contribution in [-0.4, -0.2) is 24.7 Å². The zero-order valence-electron chi connectivity index (χ0n) is 15.1. The number of nitrogens with two attached hydrogens (primary N) is 1. The highest BCUT2D eigenvalue weighted by molar-refractivity contribution is 6.30. The van der Waals surface area contributed by atoms with Crippen LogP contribution < -0.4 is 10.5 Å². The lowest BCUT2D eigenvalue weighted by molar-refractivity contribution is 0.430. The average molecular weight is 393 g/mol. The third-order valence-electron chi connectivity index (χ3n) is 4.10. The highest BCUT2D eigenvalue weighted by atomic mass is 35.5. The Morgan fingerprint density at radius 3 is 2.61 bits per heavy atom. The zero-order valence-corrected chi connectivity index (χ0v) is 15.8. The number of nitrogens with zero attached hydrogens (tertiary/aromatic N) is 5. The molecule has 4 rings (SSSR count). The fourth-order valence-corrected chi connectivity index (χ4v) is 2.82. The maximum atomic E-state index is 6.15. The predicted molar refractivity (Wildman–Crippen MR) is 107 cm³/mol. The van der Waals surface area contributed by atoms with Gasteiger partial charge >= 0.3 is 0 Å². The van der Waals surface area contributed by atoms with Crippen molar-refractivity contribution in [2.24, 2.45) is 12.8 Å². The average Bonchev–Trinajstić information content (AvgIpc) is 3.09. The topological polar surface area (TPSA) is 91.7 Å². The molecule has 4 aromatic rings. The van der Waals surface area contributed by atoms with Crippen LogP contribution in [0.15, 0.2) is 61.1 Å². The lowest BCUT2D eigenvalue weighted by Crippen LogP contribution is -2.00. The molecule has 0 radical (unpaired) electrons. The number of halogens is 1. The summed E-state index contributed by atoms with van der Waals surface area (Å²) in [4.78, 5) is 13.2. The molecule has 0 aliphatic carbocycles.